The van der Waals surface area contributed by atoms with E-state index in [1.807, 2.05) is 12.1 Å². The predicted octanol–water partition coefficient (Wildman–Crippen LogP) is 5.58. The molecule has 0 bridgehead atoms. The summed E-state index contributed by atoms with van der Waals surface area (Å²) < 4.78 is 26.5. The summed E-state index contributed by atoms with van der Waals surface area (Å²) in [6.07, 6.45) is 0. The summed E-state index contributed by atoms with van der Waals surface area (Å²) in [4.78, 5) is 26.3. The Morgan fingerprint density at radius 3 is 1.71 bits per heavy atom. The molecule has 0 unspecified atom stereocenters. The van der Waals surface area contributed by atoms with Crippen LogP contribution < -0.4 is 0 Å². The van der Waals surface area contributed by atoms with Gasteiger partial charge < -0.3 is 0 Å². The van der Waals surface area contributed by atoms with Gasteiger partial charge in [0.25, 0.3) is 0 Å². The standard InChI is InChI=1S/C24H14F2O2/c25-18-10-5-16(6-11-18)23(27)21-14-9-15-3-1-2-4-20(15)22(21)24(28)17-7-12-19(26)13-8-17/h1-14H. The number of benzene rings is 4. The molecule has 0 N–H and O–H groups in total. The fourth-order valence-corrected chi connectivity index (χ4v) is 3.21. The molecule has 0 aliphatic heterocycles. The van der Waals surface area contributed by atoms with Gasteiger partial charge in [-0.1, -0.05) is 30.3 Å². The highest BCUT2D eigenvalue weighted by Gasteiger charge is 2.22. The van der Waals surface area contributed by atoms with Gasteiger partial charge in [-0.25, -0.2) is 8.78 Å². The normalized spacial score (nSPS) is 10.8. The third kappa shape index (κ3) is 3.21. The van der Waals surface area contributed by atoms with Crippen molar-refractivity contribution in [3.8, 4) is 0 Å². The number of carbonyl (C=O) groups is 2. The van der Waals surface area contributed by atoms with Crippen LogP contribution in [-0.4, -0.2) is 11.6 Å². The van der Waals surface area contributed by atoms with Crippen LogP contribution in [0.2, 0.25) is 0 Å². The molecule has 0 saturated carbocycles. The molecule has 2 nitrogen and oxygen atoms in total. The van der Waals surface area contributed by atoms with Crippen molar-refractivity contribution in [3.63, 3.8) is 0 Å². The summed E-state index contributed by atoms with van der Waals surface area (Å²) >= 11 is 0. The molecule has 0 spiro atoms. The van der Waals surface area contributed by atoms with Gasteiger partial charge in [-0.2, -0.15) is 0 Å². The molecule has 0 aliphatic carbocycles. The van der Waals surface area contributed by atoms with E-state index < -0.39 is 11.6 Å². The van der Waals surface area contributed by atoms with Gasteiger partial charge in [0.05, 0.1) is 0 Å². The lowest BCUT2D eigenvalue weighted by Gasteiger charge is -2.12. The Kier molecular flexibility index (Phi) is 4.53. The minimum atomic E-state index is -0.447. The molecule has 0 aliphatic rings. The van der Waals surface area contributed by atoms with Crippen molar-refractivity contribution in [3.05, 3.63) is 119 Å². The Labute approximate surface area is 160 Å². The van der Waals surface area contributed by atoms with Gasteiger partial charge in [0.2, 0.25) is 0 Å². The van der Waals surface area contributed by atoms with E-state index in [2.05, 4.69) is 0 Å². The Balaban J connectivity index is 1.92. The Morgan fingerprint density at radius 2 is 1.11 bits per heavy atom. The molecule has 0 fully saturated rings. The first-order valence-corrected chi connectivity index (χ1v) is 8.67. The van der Waals surface area contributed by atoms with Crippen molar-refractivity contribution in [1.82, 2.24) is 0 Å². The zero-order valence-electron chi connectivity index (χ0n) is 14.7. The van der Waals surface area contributed by atoms with Crippen molar-refractivity contribution < 1.29 is 18.4 Å². The van der Waals surface area contributed by atoms with Crippen LogP contribution in [0.15, 0.2) is 84.9 Å². The smallest absolute Gasteiger partial charge is 0.194 e. The van der Waals surface area contributed by atoms with E-state index in [4.69, 9.17) is 0 Å². The number of halogens is 2. The van der Waals surface area contributed by atoms with Crippen molar-refractivity contribution in [2.75, 3.05) is 0 Å². The minimum absolute atomic E-state index is 0.222. The molecule has 0 amide bonds. The Bertz CT molecular complexity index is 1190. The number of hydrogen-bond donors (Lipinski definition) is 0. The molecule has 0 aromatic heterocycles. The van der Waals surface area contributed by atoms with E-state index in [1.165, 1.54) is 48.5 Å². The molecule has 4 rings (SSSR count). The molecule has 28 heavy (non-hydrogen) atoms. The van der Waals surface area contributed by atoms with Crippen LogP contribution in [0.5, 0.6) is 0 Å². The molecular weight excluding hydrogens is 358 g/mol. The van der Waals surface area contributed by atoms with Crippen LogP contribution in [-0.2, 0) is 0 Å². The van der Waals surface area contributed by atoms with Gasteiger partial charge in [0.15, 0.2) is 11.6 Å². The molecule has 0 heterocycles. The van der Waals surface area contributed by atoms with Crippen LogP contribution >= 0.6 is 0 Å². The topological polar surface area (TPSA) is 34.1 Å². The van der Waals surface area contributed by atoms with Gasteiger partial charge in [0.1, 0.15) is 11.6 Å². The summed E-state index contributed by atoms with van der Waals surface area (Å²) in [5, 5.41) is 1.44. The molecule has 0 atom stereocenters. The van der Waals surface area contributed by atoms with Gasteiger partial charge in [-0.3, -0.25) is 9.59 Å². The number of hydrogen-bond acceptors (Lipinski definition) is 2. The van der Waals surface area contributed by atoms with E-state index >= 15 is 0 Å². The largest absolute Gasteiger partial charge is 0.289 e. The van der Waals surface area contributed by atoms with Crippen molar-refractivity contribution in [1.29, 1.82) is 0 Å². The number of fused-ring (bicyclic) bond motifs is 1. The Hall–Kier alpha value is -3.66. The molecule has 4 aromatic carbocycles. The highest BCUT2D eigenvalue weighted by Crippen LogP contribution is 2.27. The van der Waals surface area contributed by atoms with Crippen LogP contribution in [0.3, 0.4) is 0 Å². The number of ketones is 2. The molecule has 0 saturated heterocycles. The van der Waals surface area contributed by atoms with Crippen LogP contribution in [0.4, 0.5) is 8.78 Å². The first-order chi connectivity index (χ1) is 13.5. The van der Waals surface area contributed by atoms with E-state index in [9.17, 15) is 18.4 Å². The summed E-state index contributed by atoms with van der Waals surface area (Å²) in [5.41, 5.74) is 1.04. The van der Waals surface area contributed by atoms with E-state index in [1.54, 1.807) is 24.3 Å². The molecule has 4 aromatic rings. The number of carbonyl (C=O) groups excluding carboxylic acids is 2. The minimum Gasteiger partial charge on any atom is -0.289 e. The van der Waals surface area contributed by atoms with Crippen molar-refractivity contribution in [2.24, 2.45) is 0 Å². The molecule has 0 radical (unpaired) electrons. The second-order valence-electron chi connectivity index (χ2n) is 6.38. The SMILES string of the molecule is O=C(c1ccc(F)cc1)c1ccc2ccccc2c1C(=O)c1ccc(F)cc1. The first kappa shape index (κ1) is 17.7. The number of rotatable bonds is 4. The lowest BCUT2D eigenvalue weighted by atomic mass is 9.89. The first-order valence-electron chi connectivity index (χ1n) is 8.67. The highest BCUT2D eigenvalue weighted by atomic mass is 19.1. The summed E-state index contributed by atoms with van der Waals surface area (Å²) in [6, 6.07) is 21.0. The van der Waals surface area contributed by atoms with Gasteiger partial charge >= 0.3 is 0 Å². The molecule has 136 valence electrons. The third-order valence-electron chi connectivity index (χ3n) is 4.61. The second kappa shape index (κ2) is 7.16. The van der Waals surface area contributed by atoms with E-state index in [0.29, 0.717) is 5.39 Å². The Morgan fingerprint density at radius 1 is 0.571 bits per heavy atom. The quantitative estimate of drug-likeness (QED) is 0.438. The maximum absolute atomic E-state index is 13.3. The molecule has 4 heteroatoms. The predicted molar refractivity (Wildman–Crippen MR) is 104 cm³/mol. The fourth-order valence-electron chi connectivity index (χ4n) is 3.21. The maximum Gasteiger partial charge on any atom is 0.194 e. The van der Waals surface area contributed by atoms with Crippen molar-refractivity contribution >= 4 is 22.3 Å². The van der Waals surface area contributed by atoms with Crippen molar-refractivity contribution in [2.45, 2.75) is 0 Å². The highest BCUT2D eigenvalue weighted by molar-refractivity contribution is 6.24. The van der Waals surface area contributed by atoms with Crippen LogP contribution in [0.25, 0.3) is 10.8 Å². The summed E-state index contributed by atoms with van der Waals surface area (Å²) in [5.74, 6) is -1.65. The zero-order chi connectivity index (χ0) is 19.7. The lowest BCUT2D eigenvalue weighted by molar-refractivity contribution is 0.100. The third-order valence-corrected chi connectivity index (χ3v) is 4.61. The van der Waals surface area contributed by atoms with Gasteiger partial charge in [-0.15, -0.1) is 0 Å². The summed E-state index contributed by atoms with van der Waals surface area (Å²) in [7, 11) is 0. The zero-order valence-corrected chi connectivity index (χ0v) is 14.7. The lowest BCUT2D eigenvalue weighted by Crippen LogP contribution is -2.12. The van der Waals surface area contributed by atoms with E-state index in [0.717, 1.165) is 5.39 Å². The van der Waals surface area contributed by atoms with Gasteiger partial charge in [0, 0.05) is 22.3 Å². The average Bonchev–Trinajstić information content (AvgIpc) is 2.73. The monoisotopic (exact) mass is 372 g/mol. The average molecular weight is 372 g/mol. The van der Waals surface area contributed by atoms with Gasteiger partial charge in [-0.05, 0) is 65.4 Å². The fraction of sp³-hybridized carbons (Fsp3) is 0. The van der Waals surface area contributed by atoms with Crippen LogP contribution in [0.1, 0.15) is 31.8 Å². The molecular formula is C24H14F2O2. The summed E-state index contributed by atoms with van der Waals surface area (Å²) in [6.45, 7) is 0. The van der Waals surface area contributed by atoms with Crippen LogP contribution in [0, 0.1) is 11.6 Å². The maximum atomic E-state index is 13.3. The van der Waals surface area contributed by atoms with E-state index in [-0.39, 0.29) is 33.8 Å². The second-order valence-corrected chi connectivity index (χ2v) is 6.38.